The summed E-state index contributed by atoms with van der Waals surface area (Å²) in [5.74, 6) is 0.00278. The molecular formula is C20H40O2Si. The minimum Gasteiger partial charge on any atom is -0.520 e. The third-order valence-electron chi connectivity index (χ3n) is 3.81. The second-order valence-electron chi connectivity index (χ2n) is 7.57. The zero-order valence-corrected chi connectivity index (χ0v) is 17.2. The lowest BCUT2D eigenvalue weighted by Crippen LogP contribution is -2.28. The molecule has 0 radical (unpaired) electrons. The third-order valence-corrected chi connectivity index (χ3v) is 4.65. The van der Waals surface area contributed by atoms with Gasteiger partial charge in [-0.05, 0) is 51.7 Å². The van der Waals surface area contributed by atoms with Gasteiger partial charge in [0.1, 0.15) is 0 Å². The van der Waals surface area contributed by atoms with Crippen molar-refractivity contribution in [3.8, 4) is 0 Å². The molecule has 23 heavy (non-hydrogen) atoms. The number of unbranched alkanes of at least 4 members (excludes halogenated alkanes) is 10. The van der Waals surface area contributed by atoms with Crippen LogP contribution in [0, 0.1) is 0 Å². The van der Waals surface area contributed by atoms with E-state index in [2.05, 4.69) is 38.7 Å². The SMILES string of the molecule is CCCCCCCC/C=C/CCCCCCC(=O)O[Si](C)(C)C. The number of rotatable bonds is 15. The van der Waals surface area contributed by atoms with Crippen LogP contribution in [0.2, 0.25) is 19.6 Å². The molecule has 0 aliphatic carbocycles. The topological polar surface area (TPSA) is 26.3 Å². The molecule has 0 fully saturated rings. The van der Waals surface area contributed by atoms with Gasteiger partial charge < -0.3 is 4.43 Å². The predicted octanol–water partition coefficient (Wildman–Crippen LogP) is 7.01. The minimum atomic E-state index is -1.69. The molecule has 0 saturated heterocycles. The Morgan fingerprint density at radius 3 is 1.78 bits per heavy atom. The number of hydrogen-bond acceptors (Lipinski definition) is 2. The van der Waals surface area contributed by atoms with Gasteiger partial charge >= 0.3 is 0 Å². The summed E-state index contributed by atoms with van der Waals surface area (Å²) in [6.07, 6.45) is 20.6. The molecule has 0 aliphatic heterocycles. The van der Waals surface area contributed by atoms with Gasteiger partial charge in [-0.3, -0.25) is 4.79 Å². The quantitative estimate of drug-likeness (QED) is 0.182. The number of carbonyl (C=O) groups excluding carboxylic acids is 1. The summed E-state index contributed by atoms with van der Waals surface area (Å²) in [6, 6.07) is 0. The molecule has 0 aromatic rings. The standard InChI is InChI=1S/C20H40O2Si/c1-5-6-7-8-9-10-11-12-13-14-15-16-17-18-19-20(21)22-23(2,3)4/h12-13H,5-11,14-19H2,1-4H3/b13-12+. The first kappa shape index (κ1) is 22.4. The van der Waals surface area contributed by atoms with Crippen molar-refractivity contribution in [1.29, 1.82) is 0 Å². The Morgan fingerprint density at radius 2 is 1.26 bits per heavy atom. The van der Waals surface area contributed by atoms with E-state index in [1.165, 1.54) is 64.2 Å². The van der Waals surface area contributed by atoms with Crippen LogP contribution in [0.3, 0.4) is 0 Å². The largest absolute Gasteiger partial charge is 0.520 e. The molecule has 0 amide bonds. The Kier molecular flexibility index (Phi) is 14.6. The normalized spacial score (nSPS) is 12.0. The van der Waals surface area contributed by atoms with Crippen molar-refractivity contribution in [2.75, 3.05) is 0 Å². The van der Waals surface area contributed by atoms with Crippen LogP contribution in [0.1, 0.15) is 90.4 Å². The molecule has 0 spiro atoms. The Labute approximate surface area is 146 Å². The van der Waals surface area contributed by atoms with E-state index in [9.17, 15) is 4.79 Å². The molecule has 0 saturated carbocycles. The van der Waals surface area contributed by atoms with Gasteiger partial charge in [-0.25, -0.2) is 0 Å². The smallest absolute Gasteiger partial charge is 0.292 e. The number of allylic oxidation sites excluding steroid dienone is 2. The zero-order chi connectivity index (χ0) is 17.4. The fourth-order valence-corrected chi connectivity index (χ4v) is 3.34. The number of hydrogen-bond donors (Lipinski definition) is 0. The maximum atomic E-state index is 11.6. The van der Waals surface area contributed by atoms with Crippen molar-refractivity contribution < 1.29 is 9.22 Å². The van der Waals surface area contributed by atoms with E-state index in [1.807, 2.05) is 0 Å². The average molecular weight is 341 g/mol. The highest BCUT2D eigenvalue weighted by Gasteiger charge is 2.19. The van der Waals surface area contributed by atoms with Crippen molar-refractivity contribution in [3.63, 3.8) is 0 Å². The van der Waals surface area contributed by atoms with E-state index in [4.69, 9.17) is 4.43 Å². The molecule has 0 bridgehead atoms. The van der Waals surface area contributed by atoms with E-state index in [-0.39, 0.29) is 5.97 Å². The highest BCUT2D eigenvalue weighted by molar-refractivity contribution is 6.71. The van der Waals surface area contributed by atoms with E-state index in [0.717, 1.165) is 12.8 Å². The molecule has 0 aromatic heterocycles. The van der Waals surface area contributed by atoms with Crippen LogP contribution >= 0.6 is 0 Å². The first-order valence-corrected chi connectivity index (χ1v) is 13.2. The monoisotopic (exact) mass is 340 g/mol. The van der Waals surface area contributed by atoms with Crippen LogP contribution in [-0.2, 0) is 9.22 Å². The van der Waals surface area contributed by atoms with E-state index < -0.39 is 8.32 Å². The van der Waals surface area contributed by atoms with Crippen LogP contribution in [0.5, 0.6) is 0 Å². The lowest BCUT2D eigenvalue weighted by Gasteiger charge is -2.17. The first-order chi connectivity index (χ1) is 11.0. The summed E-state index contributed by atoms with van der Waals surface area (Å²) in [6.45, 7) is 8.44. The fraction of sp³-hybridized carbons (Fsp3) is 0.850. The second-order valence-corrected chi connectivity index (χ2v) is 12.0. The Morgan fingerprint density at radius 1 is 0.783 bits per heavy atom. The lowest BCUT2D eigenvalue weighted by atomic mass is 10.1. The maximum absolute atomic E-state index is 11.6. The zero-order valence-electron chi connectivity index (χ0n) is 16.2. The van der Waals surface area contributed by atoms with Gasteiger partial charge in [0.25, 0.3) is 5.97 Å². The molecule has 0 aromatic carbocycles. The molecule has 0 N–H and O–H groups in total. The van der Waals surface area contributed by atoms with Gasteiger partial charge in [-0.1, -0.05) is 64.0 Å². The van der Waals surface area contributed by atoms with Gasteiger partial charge in [0.05, 0.1) is 0 Å². The van der Waals surface area contributed by atoms with Gasteiger partial charge in [-0.15, -0.1) is 0 Å². The summed E-state index contributed by atoms with van der Waals surface area (Å²) >= 11 is 0. The maximum Gasteiger partial charge on any atom is 0.292 e. The third kappa shape index (κ3) is 19.4. The molecule has 0 rings (SSSR count). The predicted molar refractivity (Wildman–Crippen MR) is 104 cm³/mol. The molecular weight excluding hydrogens is 300 g/mol. The van der Waals surface area contributed by atoms with Crippen LogP contribution in [-0.4, -0.2) is 14.3 Å². The summed E-state index contributed by atoms with van der Waals surface area (Å²) < 4.78 is 5.44. The Hall–Kier alpha value is -0.573. The van der Waals surface area contributed by atoms with E-state index in [0.29, 0.717) is 6.42 Å². The highest BCUT2D eigenvalue weighted by Crippen LogP contribution is 2.11. The van der Waals surface area contributed by atoms with E-state index in [1.54, 1.807) is 0 Å². The highest BCUT2D eigenvalue weighted by atomic mass is 28.4. The summed E-state index contributed by atoms with van der Waals surface area (Å²) in [4.78, 5) is 11.6. The minimum absolute atomic E-state index is 0.00278. The molecule has 0 atom stereocenters. The van der Waals surface area contributed by atoms with Crippen molar-refractivity contribution in [1.82, 2.24) is 0 Å². The van der Waals surface area contributed by atoms with Crippen molar-refractivity contribution in [3.05, 3.63) is 12.2 Å². The first-order valence-electron chi connectivity index (χ1n) is 9.82. The molecule has 0 heterocycles. The lowest BCUT2D eigenvalue weighted by molar-refractivity contribution is -0.135. The Bertz CT molecular complexity index is 305. The van der Waals surface area contributed by atoms with Crippen LogP contribution in [0.25, 0.3) is 0 Å². The Balaban J connectivity index is 3.26. The van der Waals surface area contributed by atoms with Crippen molar-refractivity contribution >= 4 is 14.3 Å². The molecule has 0 unspecified atom stereocenters. The van der Waals surface area contributed by atoms with Crippen molar-refractivity contribution in [2.24, 2.45) is 0 Å². The molecule has 2 nitrogen and oxygen atoms in total. The van der Waals surface area contributed by atoms with Crippen LogP contribution in [0.4, 0.5) is 0 Å². The van der Waals surface area contributed by atoms with Gasteiger partial charge in [0.2, 0.25) is 8.32 Å². The molecule has 0 aliphatic rings. The fourth-order valence-electron chi connectivity index (χ4n) is 2.56. The van der Waals surface area contributed by atoms with Gasteiger partial charge in [0.15, 0.2) is 0 Å². The van der Waals surface area contributed by atoms with Crippen LogP contribution < -0.4 is 0 Å². The number of carbonyl (C=O) groups is 1. The second kappa shape index (κ2) is 15.0. The van der Waals surface area contributed by atoms with Crippen molar-refractivity contribution in [2.45, 2.75) is 110 Å². The average Bonchev–Trinajstić information content (AvgIpc) is 2.46. The van der Waals surface area contributed by atoms with Gasteiger partial charge in [0, 0.05) is 6.42 Å². The molecule has 3 heteroatoms. The summed E-state index contributed by atoms with van der Waals surface area (Å²) in [5, 5.41) is 0. The molecule has 136 valence electrons. The van der Waals surface area contributed by atoms with E-state index >= 15 is 0 Å². The van der Waals surface area contributed by atoms with Gasteiger partial charge in [-0.2, -0.15) is 0 Å². The van der Waals surface area contributed by atoms with Crippen LogP contribution in [0.15, 0.2) is 12.2 Å². The summed E-state index contributed by atoms with van der Waals surface area (Å²) in [7, 11) is -1.69. The summed E-state index contributed by atoms with van der Waals surface area (Å²) in [5.41, 5.74) is 0.